The highest BCUT2D eigenvalue weighted by molar-refractivity contribution is 5.99. The number of nitrogens with zero attached hydrogens (tertiary/aromatic N) is 2. The van der Waals surface area contributed by atoms with E-state index in [1.54, 1.807) is 0 Å². The average molecular weight is 307 g/mol. The van der Waals surface area contributed by atoms with E-state index in [0.717, 1.165) is 23.1 Å². The van der Waals surface area contributed by atoms with Crippen LogP contribution in [-0.4, -0.2) is 22.1 Å². The van der Waals surface area contributed by atoms with Crippen LogP contribution >= 0.6 is 0 Å². The topological polar surface area (TPSA) is 54.9 Å². The lowest BCUT2D eigenvalue weighted by molar-refractivity contribution is -0.0120. The molecule has 0 unspecified atom stereocenters. The van der Waals surface area contributed by atoms with Crippen LogP contribution in [0.1, 0.15) is 42.6 Å². The number of amides is 1. The molecule has 4 fully saturated rings. The van der Waals surface area contributed by atoms with Crippen molar-refractivity contribution in [1.82, 2.24) is 15.5 Å². The summed E-state index contributed by atoms with van der Waals surface area (Å²) < 4.78 is 0. The molecule has 0 aromatic carbocycles. The maximum Gasteiger partial charge on any atom is 0.272 e. The van der Waals surface area contributed by atoms with Crippen molar-refractivity contribution >= 4 is 5.91 Å². The van der Waals surface area contributed by atoms with Crippen molar-refractivity contribution in [3.63, 3.8) is 0 Å². The van der Waals surface area contributed by atoms with E-state index in [0.29, 0.717) is 23.6 Å². The summed E-state index contributed by atoms with van der Waals surface area (Å²) >= 11 is 0. The second kappa shape index (κ2) is 5.02. The van der Waals surface area contributed by atoms with Crippen molar-refractivity contribution in [1.29, 1.82) is 0 Å². The molecule has 0 radical (unpaired) electrons. The predicted octanol–water partition coefficient (Wildman–Crippen LogP) is 3.14. The maximum atomic E-state index is 12.8. The number of aromatic nitrogens is 2. The molecule has 0 saturated heterocycles. The minimum Gasteiger partial charge on any atom is -0.347 e. The van der Waals surface area contributed by atoms with Gasteiger partial charge in [-0.3, -0.25) is 4.79 Å². The Morgan fingerprint density at radius 1 is 0.913 bits per heavy atom. The molecule has 1 N–H and O–H groups in total. The van der Waals surface area contributed by atoms with E-state index in [9.17, 15) is 4.79 Å². The summed E-state index contributed by atoms with van der Waals surface area (Å²) in [5, 5.41) is 11.6. The normalized spacial score (nSPS) is 34.7. The number of nitrogens with one attached hydrogen (secondary N) is 1. The van der Waals surface area contributed by atoms with E-state index in [-0.39, 0.29) is 5.91 Å². The van der Waals surface area contributed by atoms with Crippen LogP contribution in [0.5, 0.6) is 0 Å². The second-order valence-electron chi connectivity index (χ2n) is 7.69. The van der Waals surface area contributed by atoms with E-state index in [4.69, 9.17) is 0 Å². The number of fused-ring (bicyclic) bond motifs is 1. The zero-order valence-corrected chi connectivity index (χ0v) is 13.1. The summed E-state index contributed by atoms with van der Waals surface area (Å²) in [5.74, 6) is 3.16. The zero-order chi connectivity index (χ0) is 15.4. The highest BCUT2D eigenvalue weighted by Gasteiger charge is 2.48. The van der Waals surface area contributed by atoms with E-state index < -0.39 is 0 Å². The van der Waals surface area contributed by atoms with Crippen molar-refractivity contribution in [3.8, 4) is 11.3 Å². The van der Waals surface area contributed by atoms with Crippen LogP contribution in [-0.2, 0) is 0 Å². The molecule has 0 spiro atoms. The van der Waals surface area contributed by atoms with Crippen LogP contribution in [0.15, 0.2) is 30.3 Å². The molecule has 118 valence electrons. The van der Waals surface area contributed by atoms with Gasteiger partial charge >= 0.3 is 0 Å². The van der Waals surface area contributed by atoms with Crippen LogP contribution in [0.25, 0.3) is 11.3 Å². The Hall–Kier alpha value is -1.97. The predicted molar refractivity (Wildman–Crippen MR) is 87.0 cm³/mol. The third-order valence-electron chi connectivity index (χ3n) is 6.27. The fraction of sp³-hybridized carbons (Fsp3) is 0.526. The van der Waals surface area contributed by atoms with Gasteiger partial charge in [0, 0.05) is 11.6 Å². The third kappa shape index (κ3) is 2.15. The lowest BCUT2D eigenvalue weighted by Crippen LogP contribution is -2.55. The standard InChI is InChI=1S/C19H21N3O/c23-19(18-15-4-2-1-3-5-16(15)21-22-18)20-17-13-7-11-6-12(9-13)10-14(17)8-11/h1-5,11-14,17H,6-10H2,(H,20,23). The summed E-state index contributed by atoms with van der Waals surface area (Å²) in [6.45, 7) is 0. The number of hydrogen-bond acceptors (Lipinski definition) is 3. The Balaban J connectivity index is 1.40. The van der Waals surface area contributed by atoms with Gasteiger partial charge in [-0.25, -0.2) is 0 Å². The van der Waals surface area contributed by atoms with Crippen molar-refractivity contribution < 1.29 is 4.79 Å². The van der Waals surface area contributed by atoms with E-state index >= 15 is 0 Å². The fourth-order valence-electron chi connectivity index (χ4n) is 5.53. The highest BCUT2D eigenvalue weighted by Crippen LogP contribution is 2.53. The number of carbonyl (C=O) groups excluding carboxylic acids is 1. The number of hydrogen-bond donors (Lipinski definition) is 1. The lowest BCUT2D eigenvalue weighted by Gasteiger charge is -2.54. The summed E-state index contributed by atoms with van der Waals surface area (Å²) in [5.41, 5.74) is 2.10. The Morgan fingerprint density at radius 3 is 2.35 bits per heavy atom. The van der Waals surface area contributed by atoms with Gasteiger partial charge in [0.2, 0.25) is 0 Å². The summed E-state index contributed by atoms with van der Waals surface area (Å²) in [7, 11) is 0. The largest absolute Gasteiger partial charge is 0.347 e. The van der Waals surface area contributed by atoms with E-state index in [1.165, 1.54) is 32.1 Å². The lowest BCUT2D eigenvalue weighted by atomic mass is 9.54. The number of carbonyl (C=O) groups is 1. The van der Waals surface area contributed by atoms with Gasteiger partial charge in [-0.2, -0.15) is 0 Å². The molecule has 1 aliphatic heterocycles. The molecular weight excluding hydrogens is 286 g/mol. The zero-order valence-electron chi connectivity index (χ0n) is 13.1. The Labute approximate surface area is 136 Å². The third-order valence-corrected chi connectivity index (χ3v) is 6.27. The average Bonchev–Trinajstić information content (AvgIpc) is 2.79. The quantitative estimate of drug-likeness (QED) is 0.927. The van der Waals surface area contributed by atoms with Crippen LogP contribution in [0.2, 0.25) is 0 Å². The second-order valence-corrected chi connectivity index (χ2v) is 7.69. The van der Waals surface area contributed by atoms with Gasteiger partial charge in [-0.05, 0) is 61.8 Å². The van der Waals surface area contributed by atoms with E-state index in [2.05, 4.69) is 15.5 Å². The Morgan fingerprint density at radius 2 is 1.61 bits per heavy atom. The maximum absolute atomic E-state index is 12.8. The molecule has 1 amide bonds. The van der Waals surface area contributed by atoms with Gasteiger partial charge in [0.05, 0.1) is 5.69 Å². The first kappa shape index (κ1) is 13.5. The summed E-state index contributed by atoms with van der Waals surface area (Å²) in [6.07, 6.45) is 6.66. The summed E-state index contributed by atoms with van der Waals surface area (Å²) in [6, 6.07) is 9.99. The van der Waals surface area contributed by atoms with Gasteiger partial charge in [-0.1, -0.05) is 24.3 Å². The Bertz CT molecular complexity index is 700. The Kier molecular flexibility index (Phi) is 2.94. The molecule has 4 nitrogen and oxygen atoms in total. The monoisotopic (exact) mass is 307 g/mol. The molecule has 4 bridgehead atoms. The first-order valence-electron chi connectivity index (χ1n) is 8.80. The molecule has 6 aliphatic rings. The molecular formula is C19H21N3O. The smallest absolute Gasteiger partial charge is 0.272 e. The van der Waals surface area contributed by atoms with Gasteiger partial charge in [-0.15, -0.1) is 10.2 Å². The first-order chi connectivity index (χ1) is 11.3. The fourth-order valence-corrected chi connectivity index (χ4v) is 5.53. The van der Waals surface area contributed by atoms with Crippen LogP contribution in [0.3, 0.4) is 0 Å². The molecule has 6 rings (SSSR count). The molecule has 0 atom stereocenters. The molecule has 4 heteroatoms. The van der Waals surface area contributed by atoms with Gasteiger partial charge in [0.1, 0.15) is 0 Å². The van der Waals surface area contributed by atoms with Gasteiger partial charge < -0.3 is 5.32 Å². The minimum absolute atomic E-state index is 0.0452. The molecule has 5 aliphatic carbocycles. The summed E-state index contributed by atoms with van der Waals surface area (Å²) in [4.78, 5) is 12.8. The number of rotatable bonds is 2. The molecule has 1 heterocycles. The molecule has 23 heavy (non-hydrogen) atoms. The van der Waals surface area contributed by atoms with Gasteiger partial charge in [0.25, 0.3) is 5.91 Å². The van der Waals surface area contributed by atoms with Crippen LogP contribution in [0.4, 0.5) is 0 Å². The highest BCUT2D eigenvalue weighted by atomic mass is 16.2. The SMILES string of the molecule is O=C(NC1C2CC3CC(C2)CC1C3)c1nnc2cccccc1-2. The van der Waals surface area contributed by atoms with Crippen molar-refractivity contribution in [2.45, 2.75) is 38.1 Å². The molecule has 0 aromatic rings. The van der Waals surface area contributed by atoms with E-state index in [1.807, 2.05) is 30.3 Å². The van der Waals surface area contributed by atoms with Crippen LogP contribution < -0.4 is 5.32 Å². The minimum atomic E-state index is -0.0452. The van der Waals surface area contributed by atoms with Crippen molar-refractivity contribution in [2.24, 2.45) is 23.7 Å². The van der Waals surface area contributed by atoms with Gasteiger partial charge in [0.15, 0.2) is 5.69 Å². The first-order valence-corrected chi connectivity index (χ1v) is 8.80. The van der Waals surface area contributed by atoms with Crippen LogP contribution in [0, 0.1) is 23.7 Å². The molecule has 0 aromatic heterocycles. The molecule has 4 saturated carbocycles. The van der Waals surface area contributed by atoms with Crippen molar-refractivity contribution in [3.05, 3.63) is 36.0 Å². The van der Waals surface area contributed by atoms with Crippen molar-refractivity contribution in [2.75, 3.05) is 0 Å².